The van der Waals surface area contributed by atoms with E-state index in [-0.39, 0.29) is 11.7 Å². The number of non-ortho nitro benzene ring substituents is 1. The second-order valence-electron chi connectivity index (χ2n) is 8.26. The van der Waals surface area contributed by atoms with Gasteiger partial charge in [0.25, 0.3) is 5.69 Å². The molecule has 0 spiro atoms. The third-order valence-electron chi connectivity index (χ3n) is 5.46. The van der Waals surface area contributed by atoms with Crippen molar-refractivity contribution in [2.75, 3.05) is 0 Å². The predicted molar refractivity (Wildman–Crippen MR) is 139 cm³/mol. The average molecular weight is 503 g/mol. The number of hydrogen-bond acceptors (Lipinski definition) is 6. The first-order chi connectivity index (χ1) is 17.4. The van der Waals surface area contributed by atoms with Crippen LogP contribution in [0.25, 0.3) is 5.69 Å². The molecule has 1 heterocycles. The Bertz CT molecular complexity index is 1340. The fraction of sp³-hybridized carbons (Fsp3) is 0.192. The second-order valence-corrected chi connectivity index (χ2v) is 9.20. The summed E-state index contributed by atoms with van der Waals surface area (Å²) in [6.45, 7) is 4.26. The van der Waals surface area contributed by atoms with Crippen LogP contribution in [0.4, 0.5) is 10.5 Å². The molecule has 0 aliphatic carbocycles. The highest BCUT2D eigenvalue weighted by atomic mass is 32.2. The number of hydrogen-bond donors (Lipinski definition) is 2. The largest absolute Gasteiger partial charge is 0.334 e. The summed E-state index contributed by atoms with van der Waals surface area (Å²) >= 11 is 1.51. The lowest BCUT2D eigenvalue weighted by atomic mass is 10.2. The molecular weight excluding hydrogens is 476 g/mol. The highest BCUT2D eigenvalue weighted by Crippen LogP contribution is 2.28. The summed E-state index contributed by atoms with van der Waals surface area (Å²) < 4.78 is 1.83. The van der Waals surface area contributed by atoms with Crippen LogP contribution in [0, 0.1) is 17.0 Å². The number of benzene rings is 3. The van der Waals surface area contributed by atoms with Gasteiger partial charge >= 0.3 is 6.03 Å². The maximum absolute atomic E-state index is 12.6. The van der Waals surface area contributed by atoms with E-state index >= 15 is 0 Å². The van der Waals surface area contributed by atoms with Crippen molar-refractivity contribution in [2.24, 2.45) is 0 Å². The molecular formula is C26H26N6O3S. The van der Waals surface area contributed by atoms with E-state index in [0.29, 0.717) is 29.0 Å². The van der Waals surface area contributed by atoms with Gasteiger partial charge in [-0.15, -0.1) is 10.2 Å². The van der Waals surface area contributed by atoms with Gasteiger partial charge in [0.15, 0.2) is 11.0 Å². The number of nitro groups is 1. The van der Waals surface area contributed by atoms with Crippen molar-refractivity contribution >= 4 is 23.5 Å². The van der Waals surface area contributed by atoms with Gasteiger partial charge in [0.05, 0.1) is 11.0 Å². The van der Waals surface area contributed by atoms with Crippen molar-refractivity contribution in [3.8, 4) is 5.69 Å². The van der Waals surface area contributed by atoms with Gasteiger partial charge in [-0.1, -0.05) is 71.9 Å². The maximum Gasteiger partial charge on any atom is 0.315 e. The van der Waals surface area contributed by atoms with Crippen LogP contribution < -0.4 is 10.6 Å². The number of nitrogens with zero attached hydrogens (tertiary/aromatic N) is 4. The SMILES string of the molecule is Cc1cccc(CSc2nnc(C(C)NC(=O)NCc3ccccc3)n2-c2ccc([N+](=O)[O-])cc2)c1. The highest BCUT2D eigenvalue weighted by Gasteiger charge is 2.21. The van der Waals surface area contributed by atoms with Crippen molar-refractivity contribution < 1.29 is 9.72 Å². The zero-order valence-corrected chi connectivity index (χ0v) is 20.7. The molecule has 0 fully saturated rings. The molecule has 1 aromatic heterocycles. The summed E-state index contributed by atoms with van der Waals surface area (Å²) in [7, 11) is 0. The normalized spacial score (nSPS) is 11.6. The Balaban J connectivity index is 1.55. The Morgan fingerprint density at radius 3 is 2.44 bits per heavy atom. The molecule has 0 saturated carbocycles. The summed E-state index contributed by atoms with van der Waals surface area (Å²) in [5.41, 5.74) is 3.97. The van der Waals surface area contributed by atoms with E-state index in [2.05, 4.69) is 33.0 Å². The summed E-state index contributed by atoms with van der Waals surface area (Å²) in [5.74, 6) is 1.19. The lowest BCUT2D eigenvalue weighted by Crippen LogP contribution is -2.37. The van der Waals surface area contributed by atoms with E-state index in [4.69, 9.17) is 0 Å². The first-order valence-corrected chi connectivity index (χ1v) is 12.4. The molecule has 0 saturated heterocycles. The maximum atomic E-state index is 12.6. The van der Waals surface area contributed by atoms with Gasteiger partial charge in [0.2, 0.25) is 0 Å². The number of aromatic nitrogens is 3. The standard InChI is InChI=1S/C26H26N6O3S/c1-18-7-6-10-21(15-18)17-36-26-30-29-24(31(26)22-11-13-23(14-12-22)32(34)35)19(2)28-25(33)27-16-20-8-4-3-5-9-20/h3-15,19H,16-17H2,1-2H3,(H2,27,28,33). The summed E-state index contributed by atoms with van der Waals surface area (Å²) in [6, 6.07) is 23.2. The number of carbonyl (C=O) groups is 1. The molecule has 10 heteroatoms. The van der Waals surface area contributed by atoms with Gasteiger partial charge in [0, 0.05) is 30.1 Å². The molecule has 4 aromatic rings. The fourth-order valence-corrected chi connectivity index (χ4v) is 4.56. The van der Waals surface area contributed by atoms with Crippen LogP contribution in [0.2, 0.25) is 0 Å². The van der Waals surface area contributed by atoms with Gasteiger partial charge in [-0.2, -0.15) is 0 Å². The molecule has 9 nitrogen and oxygen atoms in total. The molecule has 2 amide bonds. The Kier molecular flexibility index (Phi) is 7.96. The first-order valence-electron chi connectivity index (χ1n) is 11.4. The number of amides is 2. The van der Waals surface area contributed by atoms with E-state index in [9.17, 15) is 14.9 Å². The van der Waals surface area contributed by atoms with Crippen molar-refractivity contribution in [1.82, 2.24) is 25.4 Å². The zero-order valence-electron chi connectivity index (χ0n) is 19.9. The van der Waals surface area contributed by atoms with Crippen molar-refractivity contribution in [3.05, 3.63) is 111 Å². The first kappa shape index (κ1) is 24.9. The van der Waals surface area contributed by atoms with Crippen LogP contribution in [-0.2, 0) is 12.3 Å². The lowest BCUT2D eigenvalue weighted by Gasteiger charge is -2.17. The van der Waals surface area contributed by atoms with Crippen LogP contribution in [0.3, 0.4) is 0 Å². The molecule has 2 N–H and O–H groups in total. The van der Waals surface area contributed by atoms with Crippen LogP contribution >= 0.6 is 11.8 Å². The van der Waals surface area contributed by atoms with E-state index in [1.165, 1.54) is 29.5 Å². The number of rotatable bonds is 9. The Morgan fingerprint density at radius 2 is 1.75 bits per heavy atom. The minimum absolute atomic E-state index is 0.00574. The monoisotopic (exact) mass is 502 g/mol. The molecule has 0 bridgehead atoms. The summed E-state index contributed by atoms with van der Waals surface area (Å²) in [4.78, 5) is 23.2. The van der Waals surface area contributed by atoms with Gasteiger partial charge in [0.1, 0.15) is 0 Å². The van der Waals surface area contributed by atoms with E-state index in [0.717, 1.165) is 11.1 Å². The molecule has 184 valence electrons. The summed E-state index contributed by atoms with van der Waals surface area (Å²) in [5, 5.41) is 26.3. The minimum atomic E-state index is -0.475. The predicted octanol–water partition coefficient (Wildman–Crippen LogP) is 5.34. The third kappa shape index (κ3) is 6.28. The molecule has 1 atom stereocenters. The van der Waals surface area contributed by atoms with E-state index in [1.807, 2.05) is 60.9 Å². The minimum Gasteiger partial charge on any atom is -0.334 e. The van der Waals surface area contributed by atoms with Crippen molar-refractivity contribution in [1.29, 1.82) is 0 Å². The van der Waals surface area contributed by atoms with Crippen molar-refractivity contribution in [3.63, 3.8) is 0 Å². The van der Waals surface area contributed by atoms with Crippen LogP contribution in [0.15, 0.2) is 84.0 Å². The smallest absolute Gasteiger partial charge is 0.315 e. The van der Waals surface area contributed by atoms with Gasteiger partial charge in [-0.05, 0) is 37.1 Å². The number of thioether (sulfide) groups is 1. The van der Waals surface area contributed by atoms with Crippen molar-refractivity contribution in [2.45, 2.75) is 37.3 Å². The Labute approximate surface area is 213 Å². The fourth-order valence-electron chi connectivity index (χ4n) is 3.66. The molecule has 3 aromatic carbocycles. The topological polar surface area (TPSA) is 115 Å². The Morgan fingerprint density at radius 1 is 1.03 bits per heavy atom. The third-order valence-corrected chi connectivity index (χ3v) is 6.46. The van der Waals surface area contributed by atoms with Crippen LogP contribution in [0.1, 0.15) is 35.5 Å². The zero-order chi connectivity index (χ0) is 25.5. The Hall–Kier alpha value is -4.18. The van der Waals surface area contributed by atoms with Gasteiger partial charge in [-0.25, -0.2) is 4.79 Å². The van der Waals surface area contributed by atoms with Gasteiger partial charge in [-0.3, -0.25) is 14.7 Å². The highest BCUT2D eigenvalue weighted by molar-refractivity contribution is 7.98. The van der Waals surface area contributed by atoms with E-state index < -0.39 is 11.0 Å². The van der Waals surface area contributed by atoms with Crippen LogP contribution in [-0.4, -0.2) is 25.7 Å². The molecule has 0 aliphatic rings. The summed E-state index contributed by atoms with van der Waals surface area (Å²) in [6.07, 6.45) is 0. The number of carbonyl (C=O) groups excluding carboxylic acids is 1. The quantitative estimate of drug-likeness (QED) is 0.181. The average Bonchev–Trinajstić information content (AvgIpc) is 3.31. The number of aryl methyl sites for hydroxylation is 1. The van der Waals surface area contributed by atoms with Gasteiger partial charge < -0.3 is 10.6 Å². The molecule has 36 heavy (non-hydrogen) atoms. The molecule has 1 unspecified atom stereocenters. The molecule has 4 rings (SSSR count). The molecule has 0 aliphatic heterocycles. The van der Waals surface area contributed by atoms with Crippen LogP contribution in [0.5, 0.6) is 0 Å². The number of nitrogens with one attached hydrogen (secondary N) is 2. The van der Waals surface area contributed by atoms with E-state index in [1.54, 1.807) is 12.1 Å². The molecule has 0 radical (unpaired) electrons. The second kappa shape index (κ2) is 11.5. The number of urea groups is 1. The number of nitro benzene ring substituents is 1. The lowest BCUT2D eigenvalue weighted by molar-refractivity contribution is -0.384.